The van der Waals surface area contributed by atoms with Crippen LogP contribution in [0.2, 0.25) is 0 Å². The summed E-state index contributed by atoms with van der Waals surface area (Å²) in [5, 5.41) is 10.2. The minimum absolute atomic E-state index is 0.216. The van der Waals surface area contributed by atoms with Crippen LogP contribution in [-0.2, 0) is 13.1 Å². The van der Waals surface area contributed by atoms with Crippen molar-refractivity contribution in [2.75, 3.05) is 45.3 Å². The second-order valence-electron chi connectivity index (χ2n) is 9.00. The van der Waals surface area contributed by atoms with Gasteiger partial charge in [0.15, 0.2) is 0 Å². The zero-order valence-corrected chi connectivity index (χ0v) is 20.4. The number of hydrogen-bond acceptors (Lipinski definition) is 7. The van der Waals surface area contributed by atoms with Gasteiger partial charge in [0.05, 0.1) is 37.6 Å². The summed E-state index contributed by atoms with van der Waals surface area (Å²) in [6, 6.07) is 18.1. The maximum Gasteiger partial charge on any atom is 0.263 e. The fourth-order valence-corrected chi connectivity index (χ4v) is 4.84. The van der Waals surface area contributed by atoms with Gasteiger partial charge in [-0.2, -0.15) is 0 Å². The molecule has 3 aromatic rings. The molecule has 3 aromatic carbocycles. The number of imide groups is 1. The molecule has 2 heterocycles. The molecule has 36 heavy (non-hydrogen) atoms. The Labute approximate surface area is 210 Å². The average Bonchev–Trinajstić information content (AvgIpc) is 3.15. The Morgan fingerprint density at radius 1 is 0.806 bits per heavy atom. The predicted molar refractivity (Wildman–Crippen MR) is 136 cm³/mol. The van der Waals surface area contributed by atoms with Crippen molar-refractivity contribution in [1.29, 1.82) is 0 Å². The number of hydrogen-bond donors (Lipinski definition) is 1. The Bertz CT molecular complexity index is 1280. The fraction of sp³-hybridized carbons (Fsp3) is 0.286. The fourth-order valence-electron chi connectivity index (χ4n) is 4.84. The monoisotopic (exact) mass is 487 g/mol. The molecule has 1 saturated heterocycles. The van der Waals surface area contributed by atoms with Crippen molar-refractivity contribution in [3.05, 3.63) is 82.9 Å². The summed E-state index contributed by atoms with van der Waals surface area (Å²) in [5.74, 6) is 1.16. The van der Waals surface area contributed by atoms with E-state index in [4.69, 9.17) is 9.47 Å². The number of piperazine rings is 1. The Kier molecular flexibility index (Phi) is 6.52. The number of benzene rings is 3. The number of aromatic hydroxyl groups is 1. The largest absolute Gasteiger partial charge is 0.508 e. The molecule has 0 saturated carbocycles. The molecule has 0 atom stereocenters. The van der Waals surface area contributed by atoms with E-state index in [-0.39, 0.29) is 24.1 Å². The lowest BCUT2D eigenvalue weighted by Gasteiger charge is -2.36. The second-order valence-corrected chi connectivity index (χ2v) is 9.00. The van der Waals surface area contributed by atoms with Crippen molar-refractivity contribution >= 4 is 17.5 Å². The van der Waals surface area contributed by atoms with Crippen molar-refractivity contribution in [2.45, 2.75) is 13.1 Å². The summed E-state index contributed by atoms with van der Waals surface area (Å²) < 4.78 is 10.5. The number of fused-ring (bicyclic) bond motifs is 1. The van der Waals surface area contributed by atoms with Crippen molar-refractivity contribution in [1.82, 2.24) is 9.80 Å². The first-order chi connectivity index (χ1) is 17.5. The zero-order valence-electron chi connectivity index (χ0n) is 20.4. The normalized spacial score (nSPS) is 15.8. The molecule has 186 valence electrons. The van der Waals surface area contributed by atoms with E-state index in [1.807, 2.05) is 42.5 Å². The predicted octanol–water partition coefficient (Wildman–Crippen LogP) is 3.53. The average molecular weight is 488 g/mol. The third kappa shape index (κ3) is 4.47. The molecule has 2 amide bonds. The molecule has 1 N–H and O–H groups in total. The van der Waals surface area contributed by atoms with Crippen LogP contribution in [0.1, 0.15) is 31.8 Å². The standard InChI is InChI=1S/C28H29N3O5/c1-35-21-8-6-19(7-9-21)17-31-27(33)23-4-3-5-24(26(23)28(31)34)30-14-12-29(13-15-30)18-20-16-22(36-2)10-11-25(20)32/h3-11,16,32H,12-15,17-18H2,1-2H3. The highest BCUT2D eigenvalue weighted by Crippen LogP contribution is 2.34. The van der Waals surface area contributed by atoms with Crippen molar-refractivity contribution in [2.24, 2.45) is 0 Å². The minimum atomic E-state index is -0.264. The van der Waals surface area contributed by atoms with Crippen LogP contribution in [-0.4, -0.2) is 67.1 Å². The lowest BCUT2D eigenvalue weighted by Crippen LogP contribution is -2.46. The van der Waals surface area contributed by atoms with E-state index in [2.05, 4.69) is 9.80 Å². The van der Waals surface area contributed by atoms with Crippen molar-refractivity contribution in [3.63, 3.8) is 0 Å². The van der Waals surface area contributed by atoms with Crippen LogP contribution >= 0.6 is 0 Å². The molecular formula is C28H29N3O5. The molecular weight excluding hydrogens is 458 g/mol. The van der Waals surface area contributed by atoms with E-state index in [9.17, 15) is 14.7 Å². The summed E-state index contributed by atoms with van der Waals surface area (Å²) in [5.41, 5.74) is 3.41. The molecule has 0 bridgehead atoms. The molecule has 8 nitrogen and oxygen atoms in total. The highest BCUT2D eigenvalue weighted by Gasteiger charge is 2.38. The maximum atomic E-state index is 13.4. The number of phenols is 1. The number of carbonyl (C=O) groups excluding carboxylic acids is 2. The summed E-state index contributed by atoms with van der Waals surface area (Å²) in [6.07, 6.45) is 0. The molecule has 8 heteroatoms. The first-order valence-corrected chi connectivity index (χ1v) is 11.9. The molecule has 2 aliphatic heterocycles. The zero-order chi connectivity index (χ0) is 25.2. The van der Waals surface area contributed by atoms with Crippen LogP contribution in [0.25, 0.3) is 0 Å². The first kappa shape index (κ1) is 23.7. The summed E-state index contributed by atoms with van der Waals surface area (Å²) in [6.45, 7) is 3.77. The van der Waals surface area contributed by atoms with Gasteiger partial charge in [-0.3, -0.25) is 19.4 Å². The molecule has 0 unspecified atom stereocenters. The second kappa shape index (κ2) is 9.91. The highest BCUT2D eigenvalue weighted by molar-refractivity contribution is 6.23. The van der Waals surface area contributed by atoms with E-state index in [0.717, 1.165) is 35.7 Å². The minimum Gasteiger partial charge on any atom is -0.508 e. The van der Waals surface area contributed by atoms with Crippen LogP contribution in [0, 0.1) is 0 Å². The van der Waals surface area contributed by atoms with E-state index in [1.165, 1.54) is 4.90 Å². The number of ether oxygens (including phenoxy) is 2. The molecule has 2 aliphatic rings. The van der Waals surface area contributed by atoms with Gasteiger partial charge in [-0.25, -0.2) is 0 Å². The summed E-state index contributed by atoms with van der Waals surface area (Å²) in [7, 11) is 3.21. The van der Waals surface area contributed by atoms with Crippen molar-refractivity contribution < 1.29 is 24.2 Å². The molecule has 0 aliphatic carbocycles. The van der Waals surface area contributed by atoms with Gasteiger partial charge in [0.2, 0.25) is 0 Å². The lowest BCUT2D eigenvalue weighted by atomic mass is 10.1. The third-order valence-corrected chi connectivity index (χ3v) is 6.87. The van der Waals surface area contributed by atoms with Crippen LogP contribution in [0.4, 0.5) is 5.69 Å². The molecule has 5 rings (SSSR count). The van der Waals surface area contributed by atoms with E-state index in [1.54, 1.807) is 32.4 Å². The number of nitrogens with zero attached hydrogens (tertiary/aromatic N) is 3. The van der Waals surface area contributed by atoms with E-state index in [0.29, 0.717) is 36.5 Å². The molecule has 0 spiro atoms. The molecule has 0 radical (unpaired) electrons. The number of methoxy groups -OCH3 is 2. The Balaban J connectivity index is 1.29. The number of amides is 2. The summed E-state index contributed by atoms with van der Waals surface area (Å²) in [4.78, 5) is 32.3. The van der Waals surface area contributed by atoms with Crippen molar-refractivity contribution in [3.8, 4) is 17.2 Å². The van der Waals surface area contributed by atoms with Gasteiger partial charge in [0.25, 0.3) is 11.8 Å². The van der Waals surface area contributed by atoms with Gasteiger partial charge < -0.3 is 19.5 Å². The van der Waals surface area contributed by atoms with Gasteiger partial charge in [0, 0.05) is 38.3 Å². The van der Waals surface area contributed by atoms with Gasteiger partial charge in [-0.05, 0) is 48.0 Å². The number of phenolic OH excluding ortho intramolecular Hbond substituents is 1. The van der Waals surface area contributed by atoms with Crippen LogP contribution in [0.15, 0.2) is 60.7 Å². The van der Waals surface area contributed by atoms with Crippen LogP contribution < -0.4 is 14.4 Å². The summed E-state index contributed by atoms with van der Waals surface area (Å²) >= 11 is 0. The Morgan fingerprint density at radius 2 is 1.50 bits per heavy atom. The highest BCUT2D eigenvalue weighted by atomic mass is 16.5. The molecule has 1 fully saturated rings. The lowest BCUT2D eigenvalue weighted by molar-refractivity contribution is 0.0642. The number of carbonyl (C=O) groups is 2. The van der Waals surface area contributed by atoms with Gasteiger partial charge in [-0.15, -0.1) is 0 Å². The Hall–Kier alpha value is -4.04. The molecule has 0 aromatic heterocycles. The van der Waals surface area contributed by atoms with Gasteiger partial charge in [0.1, 0.15) is 17.2 Å². The first-order valence-electron chi connectivity index (χ1n) is 11.9. The topological polar surface area (TPSA) is 82.6 Å². The maximum absolute atomic E-state index is 13.4. The smallest absolute Gasteiger partial charge is 0.263 e. The van der Waals surface area contributed by atoms with E-state index < -0.39 is 0 Å². The third-order valence-electron chi connectivity index (χ3n) is 6.87. The van der Waals surface area contributed by atoms with Gasteiger partial charge >= 0.3 is 0 Å². The quantitative estimate of drug-likeness (QED) is 0.511. The van der Waals surface area contributed by atoms with E-state index >= 15 is 0 Å². The van der Waals surface area contributed by atoms with Crippen LogP contribution in [0.3, 0.4) is 0 Å². The van der Waals surface area contributed by atoms with Crippen LogP contribution in [0.5, 0.6) is 17.2 Å². The number of rotatable bonds is 7. The Morgan fingerprint density at radius 3 is 2.19 bits per heavy atom. The SMILES string of the molecule is COc1ccc(CN2C(=O)c3cccc(N4CCN(Cc5cc(OC)ccc5O)CC4)c3C2=O)cc1. The van der Waals surface area contributed by atoms with Gasteiger partial charge in [-0.1, -0.05) is 18.2 Å². The number of anilines is 1.